The van der Waals surface area contributed by atoms with Crippen molar-refractivity contribution in [2.75, 3.05) is 13.6 Å². The molecule has 1 saturated carbocycles. The Morgan fingerprint density at radius 3 is 2.56 bits per heavy atom. The van der Waals surface area contributed by atoms with E-state index < -0.39 is 0 Å². The van der Waals surface area contributed by atoms with E-state index in [1.165, 1.54) is 58.1 Å². The first-order chi connectivity index (χ1) is 8.65. The number of hydrogen-bond acceptors (Lipinski definition) is 2. The molecule has 0 saturated heterocycles. The van der Waals surface area contributed by atoms with Gasteiger partial charge < -0.3 is 5.32 Å². The molecule has 0 atom stereocenters. The fraction of sp³-hybridized carbons (Fsp3) is 0.714. The molecule has 2 rings (SSSR count). The van der Waals surface area contributed by atoms with Crippen molar-refractivity contribution < 1.29 is 0 Å². The molecule has 1 fully saturated rings. The maximum atomic E-state index is 3.59. The van der Waals surface area contributed by atoms with Crippen LogP contribution in [0.25, 0.3) is 0 Å². The number of halogens is 2. The lowest BCUT2D eigenvalue weighted by Crippen LogP contribution is -2.23. The molecule has 18 heavy (non-hydrogen) atoms. The van der Waals surface area contributed by atoms with Gasteiger partial charge in [0, 0.05) is 9.35 Å². The van der Waals surface area contributed by atoms with E-state index in [4.69, 9.17) is 0 Å². The molecule has 1 nitrogen and oxygen atoms in total. The van der Waals surface area contributed by atoms with Crippen molar-refractivity contribution in [2.24, 2.45) is 5.41 Å². The van der Waals surface area contributed by atoms with Gasteiger partial charge in [-0.25, -0.2) is 0 Å². The van der Waals surface area contributed by atoms with Crippen molar-refractivity contribution in [3.05, 3.63) is 19.2 Å². The molecule has 1 heterocycles. The van der Waals surface area contributed by atoms with E-state index in [9.17, 15) is 0 Å². The maximum Gasteiger partial charge on any atom is 0.0843 e. The highest BCUT2D eigenvalue weighted by atomic mass is 79.9. The van der Waals surface area contributed by atoms with Crippen LogP contribution in [-0.4, -0.2) is 13.6 Å². The van der Waals surface area contributed by atoms with E-state index in [1.54, 1.807) is 0 Å². The van der Waals surface area contributed by atoms with Gasteiger partial charge in [-0.3, -0.25) is 0 Å². The average Bonchev–Trinajstić information content (AvgIpc) is 2.94. The van der Waals surface area contributed by atoms with Crippen LogP contribution in [0.15, 0.2) is 14.3 Å². The first-order valence-electron chi connectivity index (χ1n) is 6.73. The summed E-state index contributed by atoms with van der Waals surface area (Å²) < 4.78 is 2.44. The van der Waals surface area contributed by atoms with E-state index >= 15 is 0 Å². The Balaban J connectivity index is 1.93. The molecule has 0 unspecified atom stereocenters. The molecule has 1 aromatic rings. The third kappa shape index (κ3) is 3.81. The molecular formula is C14H21Br2NS. The van der Waals surface area contributed by atoms with Crippen LogP contribution < -0.4 is 5.32 Å². The van der Waals surface area contributed by atoms with Gasteiger partial charge in [0.15, 0.2) is 0 Å². The van der Waals surface area contributed by atoms with Crippen molar-refractivity contribution in [3.63, 3.8) is 0 Å². The summed E-state index contributed by atoms with van der Waals surface area (Å²) in [6, 6.07) is 2.27. The van der Waals surface area contributed by atoms with E-state index in [0.717, 1.165) is 6.54 Å². The topological polar surface area (TPSA) is 12.0 Å². The van der Waals surface area contributed by atoms with Crippen molar-refractivity contribution in [2.45, 2.75) is 44.9 Å². The average molecular weight is 395 g/mol. The first kappa shape index (κ1) is 15.0. The summed E-state index contributed by atoms with van der Waals surface area (Å²) in [7, 11) is 2.07. The SMILES string of the molecule is CNCCC1(CCc2cc(Br)c(Br)s2)CCCC1. The van der Waals surface area contributed by atoms with Crippen molar-refractivity contribution >= 4 is 43.2 Å². The summed E-state index contributed by atoms with van der Waals surface area (Å²) in [5.74, 6) is 0. The summed E-state index contributed by atoms with van der Waals surface area (Å²) in [6.45, 7) is 1.16. The number of thiophene rings is 1. The second-order valence-electron chi connectivity index (χ2n) is 5.40. The molecule has 1 aromatic heterocycles. The molecule has 0 spiro atoms. The zero-order valence-electron chi connectivity index (χ0n) is 10.9. The first-order valence-corrected chi connectivity index (χ1v) is 9.14. The molecule has 0 radical (unpaired) electrons. The minimum Gasteiger partial charge on any atom is -0.320 e. The van der Waals surface area contributed by atoms with Crippen LogP contribution in [0.1, 0.15) is 43.4 Å². The van der Waals surface area contributed by atoms with Gasteiger partial charge in [0.05, 0.1) is 3.79 Å². The molecule has 4 heteroatoms. The van der Waals surface area contributed by atoms with Crippen LogP contribution in [0.3, 0.4) is 0 Å². The Morgan fingerprint density at radius 2 is 2.00 bits per heavy atom. The Kier molecular flexibility index (Phi) is 5.73. The summed E-state index contributed by atoms with van der Waals surface area (Å²) in [4.78, 5) is 1.50. The van der Waals surface area contributed by atoms with E-state index in [1.807, 2.05) is 11.3 Å². The van der Waals surface area contributed by atoms with Gasteiger partial charge in [0.25, 0.3) is 0 Å². The largest absolute Gasteiger partial charge is 0.320 e. The summed E-state index contributed by atoms with van der Waals surface area (Å²) in [5.41, 5.74) is 0.617. The molecule has 0 bridgehead atoms. The fourth-order valence-electron chi connectivity index (χ4n) is 3.04. The number of nitrogens with one attached hydrogen (secondary N) is 1. The Hall–Kier alpha value is 0.620. The minimum absolute atomic E-state index is 0.617. The number of aryl methyl sites for hydroxylation is 1. The second-order valence-corrected chi connectivity index (χ2v) is 8.70. The lowest BCUT2D eigenvalue weighted by atomic mass is 9.78. The molecular weight excluding hydrogens is 374 g/mol. The molecule has 0 amide bonds. The maximum absolute atomic E-state index is 3.59. The van der Waals surface area contributed by atoms with Crippen LogP contribution >= 0.6 is 43.2 Å². The quantitative estimate of drug-likeness (QED) is 0.683. The zero-order valence-corrected chi connectivity index (χ0v) is 14.9. The standard InChI is InChI=1S/C14H21Br2NS/c1-17-9-8-14(5-2-3-6-14)7-4-11-10-12(15)13(16)18-11/h10,17H,2-9H2,1H3. The van der Waals surface area contributed by atoms with Crippen molar-refractivity contribution in [1.82, 2.24) is 5.32 Å². The van der Waals surface area contributed by atoms with Crippen molar-refractivity contribution in [3.8, 4) is 0 Å². The molecule has 0 aromatic carbocycles. The van der Waals surface area contributed by atoms with Gasteiger partial charge in [-0.15, -0.1) is 11.3 Å². The highest BCUT2D eigenvalue weighted by molar-refractivity contribution is 9.13. The van der Waals surface area contributed by atoms with E-state index in [-0.39, 0.29) is 0 Å². The Morgan fingerprint density at radius 1 is 1.28 bits per heavy atom. The normalized spacial score (nSPS) is 18.4. The van der Waals surface area contributed by atoms with Gasteiger partial charge in [-0.1, -0.05) is 12.8 Å². The summed E-state index contributed by atoms with van der Waals surface area (Å²) >= 11 is 9.04. The zero-order chi connectivity index (χ0) is 13.0. The molecule has 1 aliphatic carbocycles. The highest BCUT2D eigenvalue weighted by Gasteiger charge is 2.32. The third-order valence-electron chi connectivity index (χ3n) is 4.17. The molecule has 1 N–H and O–H groups in total. The van der Waals surface area contributed by atoms with E-state index in [0.29, 0.717) is 5.41 Å². The van der Waals surface area contributed by atoms with Crippen LogP contribution in [0.5, 0.6) is 0 Å². The fourth-order valence-corrected chi connectivity index (χ4v) is 5.22. The van der Waals surface area contributed by atoms with Crippen LogP contribution in [0, 0.1) is 5.41 Å². The predicted octanol–water partition coefficient (Wildman–Crippen LogP) is 5.38. The predicted molar refractivity (Wildman–Crippen MR) is 87.5 cm³/mol. The van der Waals surface area contributed by atoms with Crippen LogP contribution in [0.2, 0.25) is 0 Å². The van der Waals surface area contributed by atoms with Crippen LogP contribution in [-0.2, 0) is 6.42 Å². The van der Waals surface area contributed by atoms with Gasteiger partial charge in [0.1, 0.15) is 0 Å². The molecule has 0 aliphatic heterocycles. The lowest BCUT2D eigenvalue weighted by molar-refractivity contribution is 0.248. The molecule has 102 valence electrons. The minimum atomic E-state index is 0.617. The Labute approximate surface area is 131 Å². The van der Waals surface area contributed by atoms with Crippen LogP contribution in [0.4, 0.5) is 0 Å². The Bertz CT molecular complexity index is 364. The highest BCUT2D eigenvalue weighted by Crippen LogP contribution is 2.45. The summed E-state index contributed by atoms with van der Waals surface area (Å²) in [5, 5.41) is 3.32. The van der Waals surface area contributed by atoms with Crippen molar-refractivity contribution in [1.29, 1.82) is 0 Å². The van der Waals surface area contributed by atoms with Gasteiger partial charge >= 0.3 is 0 Å². The summed E-state index contributed by atoms with van der Waals surface area (Å²) in [6.07, 6.45) is 9.66. The monoisotopic (exact) mass is 393 g/mol. The van der Waals surface area contributed by atoms with Gasteiger partial charge in [-0.2, -0.15) is 0 Å². The third-order valence-corrected chi connectivity index (χ3v) is 7.48. The second kappa shape index (κ2) is 6.87. The van der Waals surface area contributed by atoms with Gasteiger partial charge in [0.2, 0.25) is 0 Å². The van der Waals surface area contributed by atoms with Gasteiger partial charge in [-0.05, 0) is 89.0 Å². The van der Waals surface area contributed by atoms with E-state index in [2.05, 4.69) is 50.3 Å². The number of hydrogen-bond donors (Lipinski definition) is 1. The smallest absolute Gasteiger partial charge is 0.0843 e. The number of rotatable bonds is 6. The lowest BCUT2D eigenvalue weighted by Gasteiger charge is -2.29. The molecule has 1 aliphatic rings.